The van der Waals surface area contributed by atoms with Crippen LogP contribution in [0.3, 0.4) is 0 Å². The number of halogens is 4. The molecule has 6 nitrogen and oxygen atoms in total. The van der Waals surface area contributed by atoms with Crippen LogP contribution < -0.4 is 9.44 Å². The van der Waals surface area contributed by atoms with Gasteiger partial charge in [-0.3, -0.25) is 9.44 Å². The molecule has 0 saturated carbocycles. The average molecular weight is 511 g/mol. The summed E-state index contributed by atoms with van der Waals surface area (Å²) >= 11 is 6.86. The molecule has 0 saturated heterocycles. The molecule has 3 rings (SSSR count). The van der Waals surface area contributed by atoms with Crippen LogP contribution in [-0.4, -0.2) is 16.8 Å². The molecule has 0 spiro atoms. The van der Waals surface area contributed by atoms with Gasteiger partial charge in [0.2, 0.25) is 0 Å². The molecule has 1 aromatic heterocycles. The van der Waals surface area contributed by atoms with Crippen molar-refractivity contribution in [1.82, 2.24) is 0 Å². The molecule has 0 radical (unpaired) electrons. The summed E-state index contributed by atoms with van der Waals surface area (Å²) in [5.41, 5.74) is -1.63. The molecular formula is C18H14ClF3N2O4S3. The lowest BCUT2D eigenvalue weighted by Gasteiger charge is -2.16. The highest BCUT2D eigenvalue weighted by atomic mass is 35.5. The van der Waals surface area contributed by atoms with E-state index in [1.54, 1.807) is 5.38 Å². The molecular weight excluding hydrogens is 497 g/mol. The van der Waals surface area contributed by atoms with Gasteiger partial charge >= 0.3 is 6.18 Å². The van der Waals surface area contributed by atoms with Crippen LogP contribution in [0.25, 0.3) is 0 Å². The molecule has 3 aromatic rings. The monoisotopic (exact) mass is 510 g/mol. The van der Waals surface area contributed by atoms with Gasteiger partial charge in [0.1, 0.15) is 4.21 Å². The van der Waals surface area contributed by atoms with E-state index in [2.05, 4.69) is 9.44 Å². The highest BCUT2D eigenvalue weighted by Crippen LogP contribution is 2.35. The van der Waals surface area contributed by atoms with Crippen LogP contribution in [0, 0.1) is 6.92 Å². The van der Waals surface area contributed by atoms with Crippen molar-refractivity contribution >= 4 is 54.4 Å². The van der Waals surface area contributed by atoms with Gasteiger partial charge in [0.15, 0.2) is 0 Å². The number of benzene rings is 2. The SMILES string of the molecule is Cc1ccc(S(=O)(=O)Nc2cc(Cl)ccc2NS(=O)(=O)c2cccs2)cc1C(F)(F)F. The van der Waals surface area contributed by atoms with Crippen LogP contribution in [-0.2, 0) is 26.2 Å². The number of hydrogen-bond acceptors (Lipinski definition) is 5. The minimum absolute atomic E-state index is 0.00962. The molecule has 0 aliphatic heterocycles. The Bertz CT molecular complexity index is 1320. The van der Waals surface area contributed by atoms with Crippen LogP contribution in [0.1, 0.15) is 11.1 Å². The summed E-state index contributed by atoms with van der Waals surface area (Å²) in [6, 6.07) is 9.17. The van der Waals surface area contributed by atoms with E-state index in [0.717, 1.165) is 29.5 Å². The van der Waals surface area contributed by atoms with Gasteiger partial charge in [0, 0.05) is 5.02 Å². The number of hydrogen-bond donors (Lipinski definition) is 2. The Labute approximate surface area is 185 Å². The topological polar surface area (TPSA) is 92.3 Å². The summed E-state index contributed by atoms with van der Waals surface area (Å²) in [6.07, 6.45) is -4.74. The summed E-state index contributed by atoms with van der Waals surface area (Å²) in [5.74, 6) is 0. The first-order chi connectivity index (χ1) is 14.3. The van der Waals surface area contributed by atoms with Crippen molar-refractivity contribution in [1.29, 1.82) is 0 Å². The Kier molecular flexibility index (Phi) is 6.29. The summed E-state index contributed by atoms with van der Waals surface area (Å²) in [5, 5.41) is 1.63. The predicted molar refractivity (Wildman–Crippen MR) is 114 cm³/mol. The van der Waals surface area contributed by atoms with Gasteiger partial charge in [-0.1, -0.05) is 23.7 Å². The maximum absolute atomic E-state index is 13.2. The van der Waals surface area contributed by atoms with Gasteiger partial charge in [0.05, 0.1) is 21.8 Å². The second-order valence-corrected chi connectivity index (χ2v) is 11.3. The molecule has 2 N–H and O–H groups in total. The Hall–Kier alpha value is -2.28. The van der Waals surface area contributed by atoms with Crippen molar-refractivity contribution in [3.05, 3.63) is 70.1 Å². The lowest BCUT2D eigenvalue weighted by atomic mass is 10.1. The summed E-state index contributed by atoms with van der Waals surface area (Å²) in [6.45, 7) is 1.21. The smallest absolute Gasteiger partial charge is 0.277 e. The third-order valence-corrected chi connectivity index (χ3v) is 8.42. The fraction of sp³-hybridized carbons (Fsp3) is 0.111. The molecule has 1 heterocycles. The fourth-order valence-electron chi connectivity index (χ4n) is 2.58. The van der Waals surface area contributed by atoms with Crippen molar-refractivity contribution in [2.24, 2.45) is 0 Å². The zero-order chi connectivity index (χ0) is 23.0. The van der Waals surface area contributed by atoms with Crippen LogP contribution in [0.4, 0.5) is 24.5 Å². The number of sulfonamides is 2. The zero-order valence-corrected chi connectivity index (χ0v) is 18.8. The van der Waals surface area contributed by atoms with Crippen LogP contribution in [0.15, 0.2) is 63.0 Å². The predicted octanol–water partition coefficient (Wildman–Crippen LogP) is 5.33. The van der Waals surface area contributed by atoms with Gasteiger partial charge in [-0.25, -0.2) is 16.8 Å². The minimum Gasteiger partial charge on any atom is -0.277 e. The lowest BCUT2D eigenvalue weighted by Crippen LogP contribution is -2.18. The normalized spacial score (nSPS) is 12.5. The lowest BCUT2D eigenvalue weighted by molar-refractivity contribution is -0.138. The van der Waals surface area contributed by atoms with Crippen molar-refractivity contribution < 1.29 is 30.0 Å². The van der Waals surface area contributed by atoms with Crippen molar-refractivity contribution in [3.63, 3.8) is 0 Å². The van der Waals surface area contributed by atoms with Crippen molar-refractivity contribution in [3.8, 4) is 0 Å². The molecule has 0 unspecified atom stereocenters. The Morgan fingerprint density at radius 2 is 1.58 bits per heavy atom. The van der Waals surface area contributed by atoms with E-state index in [1.165, 1.54) is 31.2 Å². The van der Waals surface area contributed by atoms with E-state index in [4.69, 9.17) is 11.6 Å². The first-order valence-electron chi connectivity index (χ1n) is 8.36. The Morgan fingerprint density at radius 1 is 0.903 bits per heavy atom. The van der Waals surface area contributed by atoms with E-state index >= 15 is 0 Å². The summed E-state index contributed by atoms with van der Waals surface area (Å²) in [7, 11) is -8.52. The van der Waals surface area contributed by atoms with Gasteiger partial charge < -0.3 is 0 Å². The third kappa shape index (κ3) is 5.32. The number of thiophene rings is 1. The number of aryl methyl sites for hydroxylation is 1. The van der Waals surface area contributed by atoms with E-state index in [1.807, 2.05) is 0 Å². The second kappa shape index (κ2) is 8.34. The van der Waals surface area contributed by atoms with E-state index in [9.17, 15) is 30.0 Å². The first-order valence-corrected chi connectivity index (χ1v) is 12.6. The molecule has 0 atom stereocenters. The molecule has 31 heavy (non-hydrogen) atoms. The Morgan fingerprint density at radius 3 is 2.19 bits per heavy atom. The van der Waals surface area contributed by atoms with Crippen LogP contribution in [0.5, 0.6) is 0 Å². The van der Waals surface area contributed by atoms with E-state index < -0.39 is 36.7 Å². The van der Waals surface area contributed by atoms with Crippen molar-refractivity contribution in [2.75, 3.05) is 9.44 Å². The molecule has 0 bridgehead atoms. The summed E-state index contributed by atoms with van der Waals surface area (Å²) < 4.78 is 94.4. The zero-order valence-electron chi connectivity index (χ0n) is 15.6. The highest BCUT2D eigenvalue weighted by molar-refractivity contribution is 7.94. The quantitative estimate of drug-likeness (QED) is 0.469. The minimum atomic E-state index is -4.74. The largest absolute Gasteiger partial charge is 0.416 e. The van der Waals surface area contributed by atoms with Gasteiger partial charge in [-0.05, 0) is 54.3 Å². The maximum Gasteiger partial charge on any atom is 0.416 e. The van der Waals surface area contributed by atoms with Crippen LogP contribution in [0.2, 0.25) is 5.02 Å². The first kappa shape index (κ1) is 23.4. The van der Waals surface area contributed by atoms with Crippen LogP contribution >= 0.6 is 22.9 Å². The standard InChI is InChI=1S/C18H14ClF3N2O4S3/c1-11-4-6-13(10-14(11)18(20,21)22)30(25,26)24-16-9-12(19)5-7-15(16)23-31(27,28)17-3-2-8-29-17/h2-10,23-24H,1H3. The Balaban J connectivity index is 2.00. The average Bonchev–Trinajstić information content (AvgIpc) is 3.18. The molecule has 0 aliphatic carbocycles. The van der Waals surface area contributed by atoms with Gasteiger partial charge in [0.25, 0.3) is 20.0 Å². The molecule has 0 fully saturated rings. The number of nitrogens with one attached hydrogen (secondary N) is 2. The van der Waals surface area contributed by atoms with Gasteiger partial charge in [-0.15, -0.1) is 11.3 Å². The number of rotatable bonds is 6. The molecule has 166 valence electrons. The molecule has 2 aromatic carbocycles. The number of anilines is 2. The molecule has 13 heteroatoms. The fourth-order valence-corrected chi connectivity index (χ4v) is 5.92. The third-order valence-electron chi connectivity index (χ3n) is 4.05. The molecule has 0 aliphatic rings. The van der Waals surface area contributed by atoms with E-state index in [0.29, 0.717) is 6.07 Å². The van der Waals surface area contributed by atoms with Crippen molar-refractivity contribution in [2.45, 2.75) is 22.2 Å². The highest BCUT2D eigenvalue weighted by Gasteiger charge is 2.34. The maximum atomic E-state index is 13.2. The number of alkyl halides is 3. The molecule has 0 amide bonds. The van der Waals surface area contributed by atoms with E-state index in [-0.39, 0.29) is 26.2 Å². The van der Waals surface area contributed by atoms with Gasteiger partial charge in [-0.2, -0.15) is 13.2 Å². The summed E-state index contributed by atoms with van der Waals surface area (Å²) in [4.78, 5) is -0.641. The second-order valence-electron chi connectivity index (χ2n) is 6.31.